The molecule has 1 aromatic rings. The summed E-state index contributed by atoms with van der Waals surface area (Å²) in [5.41, 5.74) is 1.39. The fourth-order valence-electron chi connectivity index (χ4n) is 1.61. The minimum Gasteiger partial charge on any atom is -0.430 e. The van der Waals surface area contributed by atoms with Crippen molar-refractivity contribution in [3.8, 4) is 5.75 Å². The molecule has 0 saturated carbocycles. The molecule has 0 bridgehead atoms. The van der Waals surface area contributed by atoms with Crippen molar-refractivity contribution in [1.82, 2.24) is 10.8 Å². The summed E-state index contributed by atoms with van der Waals surface area (Å²) >= 11 is 0. The van der Waals surface area contributed by atoms with Crippen LogP contribution in [0.2, 0.25) is 0 Å². The molecule has 0 radical (unpaired) electrons. The lowest BCUT2D eigenvalue weighted by molar-refractivity contribution is -0.133. The molecule has 0 spiro atoms. The van der Waals surface area contributed by atoms with Gasteiger partial charge in [-0.1, -0.05) is 14.0 Å². The highest BCUT2D eigenvalue weighted by Crippen LogP contribution is 2.19. The van der Waals surface area contributed by atoms with Crippen LogP contribution in [0, 0.1) is 0 Å². The summed E-state index contributed by atoms with van der Waals surface area (Å²) in [5, 5.41) is 20.2. The topological polar surface area (TPSA) is 108 Å². The summed E-state index contributed by atoms with van der Waals surface area (Å²) in [7, 11) is 0. The lowest BCUT2D eigenvalue weighted by Gasteiger charge is -2.19. The first-order chi connectivity index (χ1) is 11.3. The maximum Gasteiger partial charge on any atom is 0.314 e. The Balaban J connectivity index is 0.00000576. The molecular weight excluding hydrogens is 338 g/mol. The predicted molar refractivity (Wildman–Crippen MR) is 86.1 cm³/mol. The number of ether oxygens (including phenoxy) is 1. The van der Waals surface area contributed by atoms with E-state index in [1.807, 2.05) is 0 Å². The zero-order valence-electron chi connectivity index (χ0n) is 12.6. The predicted octanol–water partition coefficient (Wildman–Crippen LogP) is 1.98. The first kappa shape index (κ1) is 22.2. The summed E-state index contributed by atoms with van der Waals surface area (Å²) in [4.78, 5) is 23.3. The standard InChI is InChI=1S/C15H16F2N2O5.CH4/c1-3-11(16)13(17)24-10-6-4-9(5-7-10)14(21)18-12(8(2)20)15(22)19-23;/h3-8,12,20,23H,1H2,2H3,(H,18,21)(H,19,22);1H4/b13-11-;/t8-,12+;/m1./s1. The van der Waals surface area contributed by atoms with Gasteiger partial charge in [-0.15, -0.1) is 0 Å². The van der Waals surface area contributed by atoms with Gasteiger partial charge in [0.25, 0.3) is 11.8 Å². The number of aliphatic hydroxyl groups excluding tert-OH is 1. The van der Waals surface area contributed by atoms with Crippen LogP contribution < -0.4 is 15.5 Å². The third-order valence-electron chi connectivity index (χ3n) is 2.85. The van der Waals surface area contributed by atoms with Crippen molar-refractivity contribution < 1.29 is 33.4 Å². The molecule has 0 fully saturated rings. The average molecular weight is 358 g/mol. The van der Waals surface area contributed by atoms with E-state index in [1.165, 1.54) is 36.7 Å². The van der Waals surface area contributed by atoms with Crippen LogP contribution in [0.5, 0.6) is 5.75 Å². The van der Waals surface area contributed by atoms with Crippen LogP contribution in [0.15, 0.2) is 48.8 Å². The Bertz CT molecular complexity index is 644. The molecule has 0 saturated heterocycles. The summed E-state index contributed by atoms with van der Waals surface area (Å²) in [6.07, 6.45) is -0.621. The summed E-state index contributed by atoms with van der Waals surface area (Å²) < 4.78 is 30.6. The number of allylic oxidation sites excluding steroid dienone is 2. The molecule has 9 heteroatoms. The monoisotopic (exact) mass is 358 g/mol. The number of aliphatic hydroxyl groups is 1. The van der Waals surface area contributed by atoms with Crippen molar-refractivity contribution in [2.24, 2.45) is 0 Å². The van der Waals surface area contributed by atoms with Crippen LogP contribution in [0.3, 0.4) is 0 Å². The molecule has 0 aromatic heterocycles. The molecule has 25 heavy (non-hydrogen) atoms. The van der Waals surface area contributed by atoms with Crippen molar-refractivity contribution in [1.29, 1.82) is 0 Å². The van der Waals surface area contributed by atoms with Gasteiger partial charge >= 0.3 is 6.01 Å². The van der Waals surface area contributed by atoms with E-state index in [0.717, 1.165) is 0 Å². The Morgan fingerprint density at radius 3 is 2.28 bits per heavy atom. The molecule has 0 aliphatic heterocycles. The lowest BCUT2D eigenvalue weighted by Crippen LogP contribution is -2.51. The van der Waals surface area contributed by atoms with Gasteiger partial charge in [0.1, 0.15) is 11.8 Å². The van der Waals surface area contributed by atoms with Crippen LogP contribution >= 0.6 is 0 Å². The van der Waals surface area contributed by atoms with Crippen molar-refractivity contribution >= 4 is 11.8 Å². The van der Waals surface area contributed by atoms with E-state index in [0.29, 0.717) is 6.08 Å². The van der Waals surface area contributed by atoms with Crippen molar-refractivity contribution in [2.45, 2.75) is 26.5 Å². The lowest BCUT2D eigenvalue weighted by atomic mass is 10.1. The number of nitrogens with one attached hydrogen (secondary N) is 2. The molecule has 4 N–H and O–H groups in total. The summed E-state index contributed by atoms with van der Waals surface area (Å²) in [6, 6.07) is 2.03. The van der Waals surface area contributed by atoms with Crippen molar-refractivity contribution in [2.75, 3.05) is 0 Å². The van der Waals surface area contributed by atoms with Gasteiger partial charge in [-0.25, -0.2) is 9.87 Å². The van der Waals surface area contributed by atoms with Crippen LogP contribution in [-0.4, -0.2) is 34.3 Å². The highest BCUT2D eigenvalue weighted by molar-refractivity contribution is 5.97. The fraction of sp³-hybridized carbons (Fsp3) is 0.250. The molecule has 2 atom stereocenters. The van der Waals surface area contributed by atoms with Gasteiger partial charge in [0.15, 0.2) is 5.83 Å². The van der Waals surface area contributed by atoms with E-state index < -0.39 is 35.8 Å². The van der Waals surface area contributed by atoms with Crippen LogP contribution in [0.25, 0.3) is 0 Å². The molecule has 1 rings (SSSR count). The van der Waals surface area contributed by atoms with Crippen LogP contribution in [-0.2, 0) is 4.79 Å². The van der Waals surface area contributed by atoms with Gasteiger partial charge in [0.2, 0.25) is 0 Å². The number of amides is 2. The van der Waals surface area contributed by atoms with Crippen LogP contribution in [0.4, 0.5) is 8.78 Å². The third-order valence-corrected chi connectivity index (χ3v) is 2.85. The van der Waals surface area contributed by atoms with Crippen molar-refractivity contribution in [3.63, 3.8) is 0 Å². The van der Waals surface area contributed by atoms with Crippen LogP contribution in [0.1, 0.15) is 24.7 Å². The van der Waals surface area contributed by atoms with E-state index >= 15 is 0 Å². The van der Waals surface area contributed by atoms with Gasteiger partial charge in [0.05, 0.1) is 6.10 Å². The Morgan fingerprint density at radius 1 is 1.28 bits per heavy atom. The first-order valence-corrected chi connectivity index (χ1v) is 6.68. The summed E-state index contributed by atoms with van der Waals surface area (Å²) in [5.74, 6) is -3.07. The maximum atomic E-state index is 13.2. The smallest absolute Gasteiger partial charge is 0.314 e. The molecule has 138 valence electrons. The molecule has 0 heterocycles. The maximum absolute atomic E-state index is 13.2. The Labute approximate surface area is 143 Å². The SMILES string of the molecule is C.C=C/C(F)=C(\F)Oc1ccc(C(=O)N[C@H](C(=O)NO)[C@@H](C)O)cc1. The second-order valence-electron chi connectivity index (χ2n) is 4.62. The van der Waals surface area contributed by atoms with Crippen molar-refractivity contribution in [3.05, 3.63) is 54.3 Å². The molecule has 0 unspecified atom stereocenters. The number of carbonyl (C=O) groups excluding carboxylic acids is 2. The third kappa shape index (κ3) is 6.32. The molecular formula is C16H20F2N2O5. The average Bonchev–Trinajstić information content (AvgIpc) is 2.58. The number of halogens is 2. The van der Waals surface area contributed by atoms with Gasteiger partial charge in [-0.2, -0.15) is 4.39 Å². The van der Waals surface area contributed by atoms with Gasteiger partial charge in [0, 0.05) is 5.56 Å². The number of hydroxylamine groups is 1. The van der Waals surface area contributed by atoms with E-state index in [9.17, 15) is 23.5 Å². The molecule has 0 aliphatic carbocycles. The van der Waals surface area contributed by atoms with Gasteiger partial charge in [-0.05, 0) is 37.3 Å². The molecule has 2 amide bonds. The quantitative estimate of drug-likeness (QED) is 0.258. The number of rotatable bonds is 7. The van der Waals surface area contributed by atoms with E-state index in [2.05, 4.69) is 16.6 Å². The normalized spacial score (nSPS) is 13.5. The highest BCUT2D eigenvalue weighted by Gasteiger charge is 2.25. The summed E-state index contributed by atoms with van der Waals surface area (Å²) in [6.45, 7) is 4.30. The largest absolute Gasteiger partial charge is 0.430 e. The molecule has 7 nitrogen and oxygen atoms in total. The zero-order valence-corrected chi connectivity index (χ0v) is 12.6. The Morgan fingerprint density at radius 2 is 1.84 bits per heavy atom. The van der Waals surface area contributed by atoms with Gasteiger partial charge in [-0.3, -0.25) is 14.8 Å². The molecule has 0 aliphatic rings. The second-order valence-corrected chi connectivity index (χ2v) is 4.62. The van der Waals surface area contributed by atoms with Gasteiger partial charge < -0.3 is 15.2 Å². The number of carbonyl (C=O) groups is 2. The van der Waals surface area contributed by atoms with E-state index in [4.69, 9.17) is 5.21 Å². The Hall–Kier alpha value is -2.78. The second kappa shape index (κ2) is 10.2. The van der Waals surface area contributed by atoms with E-state index in [1.54, 1.807) is 0 Å². The zero-order chi connectivity index (χ0) is 18.3. The Kier molecular flexibility index (Phi) is 9.03. The fourth-order valence-corrected chi connectivity index (χ4v) is 1.61. The minimum absolute atomic E-state index is 0. The number of hydrogen-bond donors (Lipinski definition) is 4. The van der Waals surface area contributed by atoms with E-state index in [-0.39, 0.29) is 18.7 Å². The molecule has 1 aromatic carbocycles. The number of hydrogen-bond acceptors (Lipinski definition) is 5. The highest BCUT2D eigenvalue weighted by atomic mass is 19.2. The number of benzene rings is 1. The minimum atomic E-state index is -1.48. The first-order valence-electron chi connectivity index (χ1n) is 6.68.